The Bertz CT molecular complexity index is 660. The monoisotopic (exact) mass is 344 g/mol. The molecule has 1 fully saturated rings. The minimum atomic E-state index is -4.54. The van der Waals surface area contributed by atoms with Gasteiger partial charge in [-0.2, -0.15) is 13.2 Å². The van der Waals surface area contributed by atoms with Gasteiger partial charge in [0.05, 0.1) is 5.56 Å². The second-order valence-electron chi connectivity index (χ2n) is 5.46. The first-order valence-electron chi connectivity index (χ1n) is 7.15. The molecule has 1 aromatic rings. The summed E-state index contributed by atoms with van der Waals surface area (Å²) in [6.07, 6.45) is -4.41. The van der Waals surface area contributed by atoms with Crippen molar-refractivity contribution in [2.24, 2.45) is 0 Å². The van der Waals surface area contributed by atoms with E-state index in [-0.39, 0.29) is 30.7 Å². The number of carbonyl (C=O) groups is 3. The van der Waals surface area contributed by atoms with Crippen LogP contribution < -0.4 is 10.6 Å². The Balaban J connectivity index is 2.07. The lowest BCUT2D eigenvalue weighted by atomic mass is 10.0. The Labute approximate surface area is 135 Å². The maximum atomic E-state index is 12.7. The van der Waals surface area contributed by atoms with Crippen LogP contribution in [0.5, 0.6) is 0 Å². The normalized spacial score (nSPS) is 18.8. The highest BCUT2D eigenvalue weighted by atomic mass is 19.4. The number of carboxylic acids is 1. The van der Waals surface area contributed by atoms with Crippen LogP contribution in [0, 0.1) is 0 Å². The fourth-order valence-corrected chi connectivity index (χ4v) is 2.39. The van der Waals surface area contributed by atoms with Gasteiger partial charge in [0, 0.05) is 12.8 Å². The third-order valence-electron chi connectivity index (χ3n) is 3.62. The molecule has 0 aliphatic carbocycles. The summed E-state index contributed by atoms with van der Waals surface area (Å²) in [4.78, 5) is 34.3. The number of amides is 2. The van der Waals surface area contributed by atoms with Crippen molar-refractivity contribution in [2.75, 3.05) is 0 Å². The van der Waals surface area contributed by atoms with Crippen molar-refractivity contribution in [2.45, 2.75) is 37.5 Å². The van der Waals surface area contributed by atoms with Crippen LogP contribution in [0.15, 0.2) is 24.3 Å². The van der Waals surface area contributed by atoms with Crippen LogP contribution in [-0.2, 0) is 27.0 Å². The molecule has 1 aliphatic heterocycles. The zero-order valence-corrected chi connectivity index (χ0v) is 12.4. The summed E-state index contributed by atoms with van der Waals surface area (Å²) in [5.74, 6) is -2.34. The molecule has 0 saturated carbocycles. The number of nitrogens with one attached hydrogen (secondary N) is 2. The summed E-state index contributed by atoms with van der Waals surface area (Å²) in [7, 11) is 0. The van der Waals surface area contributed by atoms with E-state index in [1.807, 2.05) is 0 Å². The van der Waals surface area contributed by atoms with Crippen LogP contribution in [-0.4, -0.2) is 35.0 Å². The highest BCUT2D eigenvalue weighted by Crippen LogP contribution is 2.29. The first kappa shape index (κ1) is 17.8. The Morgan fingerprint density at radius 3 is 2.62 bits per heavy atom. The zero-order chi connectivity index (χ0) is 17.9. The Morgan fingerprint density at radius 2 is 2.08 bits per heavy atom. The van der Waals surface area contributed by atoms with Gasteiger partial charge in [-0.25, -0.2) is 4.79 Å². The maximum absolute atomic E-state index is 12.7. The molecule has 2 atom stereocenters. The topological polar surface area (TPSA) is 95.5 Å². The lowest BCUT2D eigenvalue weighted by Gasteiger charge is -2.18. The highest BCUT2D eigenvalue weighted by Gasteiger charge is 2.32. The van der Waals surface area contributed by atoms with E-state index in [2.05, 4.69) is 10.6 Å². The third-order valence-corrected chi connectivity index (χ3v) is 3.62. The van der Waals surface area contributed by atoms with E-state index in [9.17, 15) is 32.7 Å². The molecule has 1 aliphatic rings. The third kappa shape index (κ3) is 4.46. The van der Waals surface area contributed by atoms with Crippen LogP contribution in [0.25, 0.3) is 0 Å². The van der Waals surface area contributed by atoms with Crippen molar-refractivity contribution in [3.63, 3.8) is 0 Å². The molecular weight excluding hydrogens is 329 g/mol. The van der Waals surface area contributed by atoms with Gasteiger partial charge in [0.2, 0.25) is 11.8 Å². The highest BCUT2D eigenvalue weighted by molar-refractivity contribution is 5.92. The van der Waals surface area contributed by atoms with Crippen LogP contribution in [0.1, 0.15) is 24.0 Å². The van der Waals surface area contributed by atoms with Gasteiger partial charge in [0.15, 0.2) is 0 Å². The summed E-state index contributed by atoms with van der Waals surface area (Å²) in [6, 6.07) is 2.05. The summed E-state index contributed by atoms with van der Waals surface area (Å²) in [6.45, 7) is 0. The second-order valence-corrected chi connectivity index (χ2v) is 5.46. The molecular formula is C15H15F3N2O4. The predicted octanol–water partition coefficient (Wildman–Crippen LogP) is 1.10. The van der Waals surface area contributed by atoms with Crippen LogP contribution >= 0.6 is 0 Å². The molecule has 0 radical (unpaired) electrons. The number of aliphatic carboxylic acids is 1. The van der Waals surface area contributed by atoms with Gasteiger partial charge in [-0.3, -0.25) is 9.59 Å². The van der Waals surface area contributed by atoms with Crippen LogP contribution in [0.4, 0.5) is 13.2 Å². The van der Waals surface area contributed by atoms with Crippen molar-refractivity contribution in [3.05, 3.63) is 35.4 Å². The van der Waals surface area contributed by atoms with Crippen molar-refractivity contribution < 1.29 is 32.7 Å². The fourth-order valence-electron chi connectivity index (χ4n) is 2.39. The number of carboxylic acid groups (broad SMARTS) is 1. The number of hydrogen-bond donors (Lipinski definition) is 3. The van der Waals surface area contributed by atoms with E-state index in [4.69, 9.17) is 0 Å². The average molecular weight is 344 g/mol. The van der Waals surface area contributed by atoms with Gasteiger partial charge in [-0.05, 0) is 18.1 Å². The average Bonchev–Trinajstić information content (AvgIpc) is 2.92. The minimum absolute atomic E-state index is 0.132. The van der Waals surface area contributed by atoms with Gasteiger partial charge in [0.1, 0.15) is 12.1 Å². The van der Waals surface area contributed by atoms with Gasteiger partial charge in [-0.15, -0.1) is 0 Å². The fraction of sp³-hybridized carbons (Fsp3) is 0.400. The maximum Gasteiger partial charge on any atom is 0.416 e. The lowest BCUT2D eigenvalue weighted by molar-refractivity contribution is -0.142. The Kier molecular flexibility index (Phi) is 5.10. The summed E-state index contributed by atoms with van der Waals surface area (Å²) in [5.41, 5.74) is -0.758. The number of rotatable bonds is 5. The van der Waals surface area contributed by atoms with Crippen molar-refractivity contribution in [1.29, 1.82) is 0 Å². The summed E-state index contributed by atoms with van der Waals surface area (Å²) < 4.78 is 38.1. The van der Waals surface area contributed by atoms with Crippen LogP contribution in [0.2, 0.25) is 0 Å². The van der Waals surface area contributed by atoms with E-state index >= 15 is 0 Å². The molecule has 0 aromatic heterocycles. The Morgan fingerprint density at radius 1 is 1.38 bits per heavy atom. The van der Waals surface area contributed by atoms with E-state index in [0.29, 0.717) is 0 Å². The number of alkyl halides is 3. The number of benzene rings is 1. The smallest absolute Gasteiger partial charge is 0.416 e. The SMILES string of the molecule is O=C1CC[C@@H](C(=O)N[C@H](Cc2cccc(C(F)(F)F)c2)C(=O)O)N1. The second kappa shape index (κ2) is 6.90. The van der Waals surface area contributed by atoms with Crippen molar-refractivity contribution >= 4 is 17.8 Å². The molecule has 0 spiro atoms. The molecule has 3 N–H and O–H groups in total. The van der Waals surface area contributed by atoms with E-state index in [1.54, 1.807) is 0 Å². The molecule has 0 unspecified atom stereocenters. The Hall–Kier alpha value is -2.58. The molecule has 9 heteroatoms. The van der Waals surface area contributed by atoms with E-state index in [1.165, 1.54) is 12.1 Å². The zero-order valence-electron chi connectivity index (χ0n) is 12.4. The molecule has 24 heavy (non-hydrogen) atoms. The molecule has 2 amide bonds. The molecule has 1 heterocycles. The quantitative estimate of drug-likeness (QED) is 0.745. The molecule has 1 saturated heterocycles. The molecule has 1 aromatic carbocycles. The van der Waals surface area contributed by atoms with Gasteiger partial charge < -0.3 is 15.7 Å². The first-order chi connectivity index (χ1) is 11.2. The van der Waals surface area contributed by atoms with Crippen molar-refractivity contribution in [3.8, 4) is 0 Å². The largest absolute Gasteiger partial charge is 0.480 e. The first-order valence-corrected chi connectivity index (χ1v) is 7.15. The number of halogens is 3. The number of carbonyl (C=O) groups excluding carboxylic acids is 2. The molecule has 2 rings (SSSR count). The number of hydrogen-bond acceptors (Lipinski definition) is 3. The van der Waals surface area contributed by atoms with Gasteiger partial charge in [0.25, 0.3) is 0 Å². The molecule has 0 bridgehead atoms. The minimum Gasteiger partial charge on any atom is -0.480 e. The summed E-state index contributed by atoms with van der Waals surface area (Å²) in [5, 5.41) is 13.8. The standard InChI is InChI=1S/C15H15F3N2O4/c16-15(17,18)9-3-1-2-8(6-9)7-11(14(23)24)20-13(22)10-4-5-12(21)19-10/h1-3,6,10-11H,4-5,7H2,(H,19,21)(H,20,22)(H,23,24)/t10-,11+/m0/s1. The van der Waals surface area contributed by atoms with Crippen molar-refractivity contribution in [1.82, 2.24) is 10.6 Å². The van der Waals surface area contributed by atoms with E-state index < -0.39 is 35.7 Å². The van der Waals surface area contributed by atoms with Gasteiger partial charge >= 0.3 is 12.1 Å². The molecule has 130 valence electrons. The van der Waals surface area contributed by atoms with Crippen LogP contribution in [0.3, 0.4) is 0 Å². The molecule has 6 nitrogen and oxygen atoms in total. The predicted molar refractivity (Wildman–Crippen MR) is 75.9 cm³/mol. The summed E-state index contributed by atoms with van der Waals surface area (Å²) >= 11 is 0. The lowest BCUT2D eigenvalue weighted by Crippen LogP contribution is -2.49. The van der Waals surface area contributed by atoms with Gasteiger partial charge in [-0.1, -0.05) is 18.2 Å². The van der Waals surface area contributed by atoms with E-state index in [0.717, 1.165) is 12.1 Å².